The average Bonchev–Trinajstić information content (AvgIpc) is 2.51. The van der Waals surface area contributed by atoms with E-state index in [0.29, 0.717) is 11.4 Å². The first kappa shape index (κ1) is 12.4. The Morgan fingerprint density at radius 1 is 1.10 bits per heavy atom. The summed E-state index contributed by atoms with van der Waals surface area (Å²) in [4.78, 5) is 24.5. The number of ether oxygens (including phenoxy) is 1. The van der Waals surface area contributed by atoms with Gasteiger partial charge in [-0.1, -0.05) is 0 Å². The Labute approximate surface area is 116 Å². The van der Waals surface area contributed by atoms with Crippen molar-refractivity contribution in [3.8, 4) is 0 Å². The lowest BCUT2D eigenvalue weighted by molar-refractivity contribution is 0.0601. The van der Waals surface area contributed by atoms with Gasteiger partial charge in [0.15, 0.2) is 11.6 Å². The highest BCUT2D eigenvalue weighted by Gasteiger charge is 2.30. The SMILES string of the molecule is COC(=O)c1ccnc2c1N(C)c1cccnc1N2C. The summed E-state index contributed by atoms with van der Waals surface area (Å²) >= 11 is 0. The van der Waals surface area contributed by atoms with Gasteiger partial charge < -0.3 is 14.5 Å². The molecule has 0 N–H and O–H groups in total. The van der Waals surface area contributed by atoms with Crippen LogP contribution in [0.5, 0.6) is 0 Å². The number of carbonyl (C=O) groups is 1. The molecule has 3 heterocycles. The largest absolute Gasteiger partial charge is 0.465 e. The van der Waals surface area contributed by atoms with Crippen molar-refractivity contribution in [3.63, 3.8) is 0 Å². The van der Waals surface area contributed by atoms with Crippen molar-refractivity contribution < 1.29 is 9.53 Å². The van der Waals surface area contributed by atoms with Crippen molar-refractivity contribution in [2.75, 3.05) is 31.0 Å². The number of anilines is 4. The van der Waals surface area contributed by atoms with Crippen molar-refractivity contribution in [3.05, 3.63) is 36.2 Å². The predicted octanol–water partition coefficient (Wildman–Crippen LogP) is 2.11. The van der Waals surface area contributed by atoms with Crippen molar-refractivity contribution in [2.45, 2.75) is 0 Å². The van der Waals surface area contributed by atoms with Crippen molar-refractivity contribution >= 4 is 29.0 Å². The zero-order valence-corrected chi connectivity index (χ0v) is 11.5. The van der Waals surface area contributed by atoms with Crippen LogP contribution in [0.3, 0.4) is 0 Å². The van der Waals surface area contributed by atoms with Crippen LogP contribution in [0.2, 0.25) is 0 Å². The highest BCUT2D eigenvalue weighted by molar-refractivity contribution is 6.03. The summed E-state index contributed by atoms with van der Waals surface area (Å²) in [6.07, 6.45) is 3.34. The predicted molar refractivity (Wildman–Crippen MR) is 75.9 cm³/mol. The molecule has 6 heteroatoms. The molecule has 0 amide bonds. The van der Waals surface area contributed by atoms with Crippen LogP contribution < -0.4 is 9.80 Å². The Hall–Kier alpha value is -2.63. The third-order valence-electron chi connectivity index (χ3n) is 3.41. The monoisotopic (exact) mass is 270 g/mol. The maximum atomic E-state index is 11.9. The van der Waals surface area contributed by atoms with E-state index in [9.17, 15) is 4.79 Å². The molecule has 0 spiro atoms. The van der Waals surface area contributed by atoms with Crippen LogP contribution in [-0.2, 0) is 4.74 Å². The smallest absolute Gasteiger partial charge is 0.340 e. The standard InChI is InChI=1S/C14H14N4O2/c1-17-10-5-4-7-15-12(10)18(2)13-11(17)9(6-8-16-13)14(19)20-3/h4-8H,1-3H3. The number of hydrogen-bond acceptors (Lipinski definition) is 6. The van der Waals surface area contributed by atoms with E-state index in [1.807, 2.05) is 36.0 Å². The Bertz CT molecular complexity index is 687. The minimum absolute atomic E-state index is 0.378. The van der Waals surface area contributed by atoms with Gasteiger partial charge in [-0.05, 0) is 18.2 Å². The van der Waals surface area contributed by atoms with Gasteiger partial charge in [0, 0.05) is 26.5 Å². The van der Waals surface area contributed by atoms with E-state index in [1.54, 1.807) is 18.5 Å². The number of esters is 1. The molecule has 6 nitrogen and oxygen atoms in total. The topological polar surface area (TPSA) is 58.6 Å². The highest BCUT2D eigenvalue weighted by Crippen LogP contribution is 2.45. The Balaban J connectivity index is 2.25. The van der Waals surface area contributed by atoms with E-state index in [1.165, 1.54) is 7.11 Å². The number of aromatic nitrogens is 2. The molecule has 2 aromatic heterocycles. The number of nitrogens with zero attached hydrogens (tertiary/aromatic N) is 4. The van der Waals surface area contributed by atoms with Gasteiger partial charge in [0.05, 0.1) is 24.0 Å². The molecule has 0 aliphatic carbocycles. The quantitative estimate of drug-likeness (QED) is 0.740. The molecule has 0 atom stereocenters. The number of rotatable bonds is 1. The van der Waals surface area contributed by atoms with E-state index in [2.05, 4.69) is 9.97 Å². The fourth-order valence-electron chi connectivity index (χ4n) is 2.42. The van der Waals surface area contributed by atoms with Gasteiger partial charge in [-0.25, -0.2) is 14.8 Å². The molecule has 0 unspecified atom stereocenters. The van der Waals surface area contributed by atoms with E-state index in [-0.39, 0.29) is 5.97 Å². The van der Waals surface area contributed by atoms with E-state index in [0.717, 1.165) is 17.2 Å². The molecule has 0 radical (unpaired) electrons. The van der Waals surface area contributed by atoms with Gasteiger partial charge in [0.1, 0.15) is 0 Å². The molecule has 0 saturated carbocycles. The zero-order valence-electron chi connectivity index (χ0n) is 11.5. The summed E-state index contributed by atoms with van der Waals surface area (Å²) in [6, 6.07) is 5.48. The molecule has 0 fully saturated rings. The highest BCUT2D eigenvalue weighted by atomic mass is 16.5. The van der Waals surface area contributed by atoms with Gasteiger partial charge in [0.25, 0.3) is 0 Å². The second kappa shape index (κ2) is 4.48. The lowest BCUT2D eigenvalue weighted by atomic mass is 10.1. The van der Waals surface area contributed by atoms with E-state index >= 15 is 0 Å². The van der Waals surface area contributed by atoms with Crippen LogP contribution in [0, 0.1) is 0 Å². The normalized spacial score (nSPS) is 12.8. The third kappa shape index (κ3) is 1.61. The van der Waals surface area contributed by atoms with Crippen molar-refractivity contribution in [1.29, 1.82) is 0 Å². The number of hydrogen-bond donors (Lipinski definition) is 0. The van der Waals surface area contributed by atoms with Crippen molar-refractivity contribution in [2.24, 2.45) is 0 Å². The van der Waals surface area contributed by atoms with E-state index in [4.69, 9.17) is 4.74 Å². The Morgan fingerprint density at radius 3 is 2.60 bits per heavy atom. The Kier molecular flexibility index (Phi) is 2.78. The van der Waals surface area contributed by atoms with Crippen LogP contribution in [-0.4, -0.2) is 37.1 Å². The zero-order chi connectivity index (χ0) is 14.3. The van der Waals surface area contributed by atoms with Crippen LogP contribution in [0.25, 0.3) is 0 Å². The van der Waals surface area contributed by atoms with Gasteiger partial charge in [0.2, 0.25) is 0 Å². The fraction of sp³-hybridized carbons (Fsp3) is 0.214. The van der Waals surface area contributed by atoms with Gasteiger partial charge in [-0.2, -0.15) is 0 Å². The van der Waals surface area contributed by atoms with Crippen LogP contribution in [0.15, 0.2) is 30.6 Å². The molecule has 102 valence electrons. The maximum absolute atomic E-state index is 11.9. The molecular formula is C14H14N4O2. The lowest BCUT2D eigenvalue weighted by Gasteiger charge is -2.35. The second-order valence-electron chi connectivity index (χ2n) is 4.49. The second-order valence-corrected chi connectivity index (χ2v) is 4.49. The van der Waals surface area contributed by atoms with Crippen LogP contribution in [0.4, 0.5) is 23.0 Å². The fourth-order valence-corrected chi connectivity index (χ4v) is 2.42. The number of fused-ring (bicyclic) bond motifs is 2. The number of carbonyl (C=O) groups excluding carboxylic acids is 1. The lowest BCUT2D eigenvalue weighted by Crippen LogP contribution is -2.28. The summed E-state index contributed by atoms with van der Waals surface area (Å²) in [5.41, 5.74) is 2.13. The Morgan fingerprint density at radius 2 is 1.85 bits per heavy atom. The molecule has 0 saturated heterocycles. The molecular weight excluding hydrogens is 256 g/mol. The molecule has 1 aliphatic heterocycles. The first-order chi connectivity index (χ1) is 9.65. The summed E-state index contributed by atoms with van der Waals surface area (Å²) < 4.78 is 4.85. The van der Waals surface area contributed by atoms with Gasteiger partial charge in [-0.3, -0.25) is 0 Å². The first-order valence-corrected chi connectivity index (χ1v) is 6.15. The summed E-state index contributed by atoms with van der Waals surface area (Å²) in [6.45, 7) is 0. The molecule has 0 aromatic carbocycles. The summed E-state index contributed by atoms with van der Waals surface area (Å²) in [5, 5.41) is 0. The van der Waals surface area contributed by atoms with Crippen molar-refractivity contribution in [1.82, 2.24) is 9.97 Å². The first-order valence-electron chi connectivity index (χ1n) is 6.15. The minimum Gasteiger partial charge on any atom is -0.465 e. The average molecular weight is 270 g/mol. The molecule has 3 rings (SSSR count). The van der Waals surface area contributed by atoms with Gasteiger partial charge >= 0.3 is 5.97 Å². The van der Waals surface area contributed by atoms with E-state index < -0.39 is 0 Å². The van der Waals surface area contributed by atoms with Crippen LogP contribution >= 0.6 is 0 Å². The molecule has 1 aliphatic rings. The molecule has 0 bridgehead atoms. The summed E-state index contributed by atoms with van der Waals surface area (Å²) in [7, 11) is 5.14. The molecule has 2 aromatic rings. The maximum Gasteiger partial charge on any atom is 0.340 e. The summed E-state index contributed by atoms with van der Waals surface area (Å²) in [5.74, 6) is 1.11. The number of pyridine rings is 2. The number of methoxy groups -OCH3 is 1. The molecule has 20 heavy (non-hydrogen) atoms. The van der Waals surface area contributed by atoms with Gasteiger partial charge in [-0.15, -0.1) is 0 Å². The van der Waals surface area contributed by atoms with Crippen LogP contribution in [0.1, 0.15) is 10.4 Å². The minimum atomic E-state index is -0.378. The third-order valence-corrected chi connectivity index (χ3v) is 3.41.